The highest BCUT2D eigenvalue weighted by Gasteiger charge is 2.13. The summed E-state index contributed by atoms with van der Waals surface area (Å²) < 4.78 is 2.09. The molecule has 0 nitrogen and oxygen atoms in total. The van der Waals surface area contributed by atoms with Crippen LogP contribution >= 0.6 is 43.5 Å². The van der Waals surface area contributed by atoms with Gasteiger partial charge in [-0.05, 0) is 40.5 Å². The molecule has 0 radical (unpaired) electrons. The molecule has 0 saturated heterocycles. The summed E-state index contributed by atoms with van der Waals surface area (Å²) in [5.74, 6) is 0. The van der Waals surface area contributed by atoms with Crippen LogP contribution in [0.15, 0.2) is 69.6 Å². The molecule has 0 spiro atoms. The largest absolute Gasteiger partial charge is 0.117 e. The Morgan fingerprint density at radius 3 is 2.38 bits per heavy atom. The van der Waals surface area contributed by atoms with Crippen LogP contribution in [0, 0.1) is 0 Å². The second-order valence-corrected chi connectivity index (χ2v) is 7.32. The summed E-state index contributed by atoms with van der Waals surface area (Å²) in [5.41, 5.74) is 2.37. The number of halogens is 3. The average Bonchev–Trinajstić information content (AvgIpc) is 2.47. The van der Waals surface area contributed by atoms with E-state index in [2.05, 4.69) is 80.4 Å². The van der Waals surface area contributed by atoms with Gasteiger partial charge in [-0.2, -0.15) is 0 Å². The van der Waals surface area contributed by atoms with E-state index in [0.717, 1.165) is 20.9 Å². The van der Waals surface area contributed by atoms with Crippen molar-refractivity contribution in [2.75, 3.05) is 0 Å². The van der Waals surface area contributed by atoms with Gasteiger partial charge in [-0.15, -0.1) is 11.6 Å². The van der Waals surface area contributed by atoms with E-state index in [1.54, 1.807) is 0 Å². The zero-order valence-corrected chi connectivity index (χ0v) is 15.1. The smallest absolute Gasteiger partial charge is 0.0636 e. The Morgan fingerprint density at radius 2 is 1.62 bits per heavy atom. The topological polar surface area (TPSA) is 0 Å². The van der Waals surface area contributed by atoms with Gasteiger partial charge in [0.15, 0.2) is 0 Å². The number of benzene rings is 3. The van der Waals surface area contributed by atoms with Crippen molar-refractivity contribution in [1.29, 1.82) is 0 Å². The molecule has 0 bridgehead atoms. The Morgan fingerprint density at radius 1 is 0.857 bits per heavy atom. The zero-order valence-electron chi connectivity index (χ0n) is 11.2. The van der Waals surface area contributed by atoms with Crippen molar-refractivity contribution in [2.45, 2.75) is 11.8 Å². The van der Waals surface area contributed by atoms with Crippen LogP contribution in [0.25, 0.3) is 10.8 Å². The second kappa shape index (κ2) is 6.51. The highest BCUT2D eigenvalue weighted by atomic mass is 79.9. The molecule has 0 fully saturated rings. The molecule has 0 aliphatic heterocycles. The van der Waals surface area contributed by atoms with Gasteiger partial charge < -0.3 is 0 Å². The molecule has 21 heavy (non-hydrogen) atoms. The molecule has 0 aromatic heterocycles. The van der Waals surface area contributed by atoms with Gasteiger partial charge in [0.1, 0.15) is 0 Å². The lowest BCUT2D eigenvalue weighted by molar-refractivity contribution is 0.916. The lowest BCUT2D eigenvalue weighted by atomic mass is 10.0. The summed E-state index contributed by atoms with van der Waals surface area (Å²) in [7, 11) is 0. The Kier molecular flexibility index (Phi) is 4.68. The minimum absolute atomic E-state index is 0.0476. The van der Waals surface area contributed by atoms with Gasteiger partial charge in [0.05, 0.1) is 5.38 Å². The molecule has 0 aliphatic carbocycles. The first-order valence-electron chi connectivity index (χ1n) is 6.70. The molecular weight excluding hydrogens is 411 g/mol. The highest BCUT2D eigenvalue weighted by Crippen LogP contribution is 2.33. The van der Waals surface area contributed by atoms with Gasteiger partial charge in [0.25, 0.3) is 0 Å². The van der Waals surface area contributed by atoms with Gasteiger partial charge in [-0.1, -0.05) is 80.4 Å². The standard InChI is InChI=1S/C18H13Br2Cl/c19-15-7-8-16(17(20)11-15)18(21)10-12-5-6-13-3-1-2-4-14(13)9-12/h1-9,11,18H,10H2. The molecule has 0 heterocycles. The molecule has 3 heteroatoms. The van der Waals surface area contributed by atoms with Gasteiger partial charge >= 0.3 is 0 Å². The van der Waals surface area contributed by atoms with E-state index in [9.17, 15) is 0 Å². The normalized spacial score (nSPS) is 12.5. The number of alkyl halides is 1. The summed E-state index contributed by atoms with van der Waals surface area (Å²) in [5, 5.41) is 2.47. The van der Waals surface area contributed by atoms with Crippen LogP contribution in [0.4, 0.5) is 0 Å². The van der Waals surface area contributed by atoms with Crippen LogP contribution in [-0.4, -0.2) is 0 Å². The Hall–Kier alpha value is -0.830. The first-order chi connectivity index (χ1) is 10.1. The third-order valence-electron chi connectivity index (χ3n) is 3.53. The van der Waals surface area contributed by atoms with Crippen LogP contribution in [0.2, 0.25) is 0 Å². The molecule has 0 saturated carbocycles. The molecule has 3 aromatic carbocycles. The first kappa shape index (κ1) is 15.1. The lowest BCUT2D eigenvalue weighted by Gasteiger charge is -2.13. The Bertz CT molecular complexity index is 783. The Labute approximate surface area is 146 Å². The number of fused-ring (bicyclic) bond motifs is 1. The maximum absolute atomic E-state index is 6.60. The minimum atomic E-state index is -0.0476. The molecule has 0 aliphatic rings. The van der Waals surface area contributed by atoms with E-state index in [4.69, 9.17) is 11.6 Å². The van der Waals surface area contributed by atoms with Gasteiger partial charge in [-0.3, -0.25) is 0 Å². The summed E-state index contributed by atoms with van der Waals surface area (Å²) >= 11 is 13.7. The third kappa shape index (κ3) is 3.50. The maximum Gasteiger partial charge on any atom is 0.0636 e. The predicted molar refractivity (Wildman–Crippen MR) is 98.1 cm³/mol. The van der Waals surface area contributed by atoms with Crippen LogP contribution in [0.3, 0.4) is 0 Å². The number of hydrogen-bond donors (Lipinski definition) is 0. The van der Waals surface area contributed by atoms with Gasteiger partial charge in [0, 0.05) is 8.95 Å². The van der Waals surface area contributed by atoms with Crippen LogP contribution in [0.5, 0.6) is 0 Å². The lowest BCUT2D eigenvalue weighted by Crippen LogP contribution is -1.97. The number of hydrogen-bond acceptors (Lipinski definition) is 0. The fraction of sp³-hybridized carbons (Fsp3) is 0.111. The zero-order chi connectivity index (χ0) is 14.8. The average molecular weight is 425 g/mol. The van der Waals surface area contributed by atoms with E-state index >= 15 is 0 Å². The molecule has 3 aromatic rings. The van der Waals surface area contributed by atoms with E-state index in [-0.39, 0.29) is 5.38 Å². The quantitative estimate of drug-likeness (QED) is 0.402. The van der Waals surface area contributed by atoms with Crippen molar-refractivity contribution in [2.24, 2.45) is 0 Å². The van der Waals surface area contributed by atoms with Gasteiger partial charge in [0.2, 0.25) is 0 Å². The number of rotatable bonds is 3. The van der Waals surface area contributed by atoms with Crippen LogP contribution in [0.1, 0.15) is 16.5 Å². The van der Waals surface area contributed by atoms with Crippen molar-refractivity contribution in [3.63, 3.8) is 0 Å². The summed E-state index contributed by atoms with van der Waals surface area (Å²) in [6.07, 6.45) is 0.812. The first-order valence-corrected chi connectivity index (χ1v) is 8.72. The fourth-order valence-electron chi connectivity index (χ4n) is 2.44. The van der Waals surface area contributed by atoms with Crippen molar-refractivity contribution in [3.05, 3.63) is 80.7 Å². The molecule has 106 valence electrons. The molecule has 3 rings (SSSR count). The molecule has 0 amide bonds. The van der Waals surface area contributed by atoms with Crippen molar-refractivity contribution >= 4 is 54.2 Å². The van der Waals surface area contributed by atoms with Crippen molar-refractivity contribution < 1.29 is 0 Å². The summed E-state index contributed by atoms with van der Waals surface area (Å²) in [6, 6.07) is 21.0. The second-order valence-electron chi connectivity index (χ2n) is 5.02. The SMILES string of the molecule is ClC(Cc1ccc2ccccc2c1)c1ccc(Br)cc1Br. The van der Waals surface area contributed by atoms with E-state index in [0.29, 0.717) is 0 Å². The van der Waals surface area contributed by atoms with Crippen LogP contribution < -0.4 is 0 Å². The molecule has 0 N–H and O–H groups in total. The van der Waals surface area contributed by atoms with Crippen molar-refractivity contribution in [3.8, 4) is 0 Å². The molecule has 1 unspecified atom stereocenters. The third-order valence-corrected chi connectivity index (χ3v) is 5.10. The van der Waals surface area contributed by atoms with Gasteiger partial charge in [-0.25, -0.2) is 0 Å². The highest BCUT2D eigenvalue weighted by molar-refractivity contribution is 9.11. The predicted octanol–water partition coefficient (Wildman–Crippen LogP) is 6.89. The maximum atomic E-state index is 6.60. The van der Waals surface area contributed by atoms with Crippen LogP contribution in [-0.2, 0) is 6.42 Å². The summed E-state index contributed by atoms with van der Waals surface area (Å²) in [6.45, 7) is 0. The van der Waals surface area contributed by atoms with E-state index < -0.39 is 0 Å². The van der Waals surface area contributed by atoms with E-state index in [1.807, 2.05) is 12.1 Å². The minimum Gasteiger partial charge on any atom is -0.117 e. The van der Waals surface area contributed by atoms with E-state index in [1.165, 1.54) is 16.3 Å². The summed E-state index contributed by atoms with van der Waals surface area (Å²) in [4.78, 5) is 0. The fourth-order valence-corrected chi connectivity index (χ4v) is 4.26. The van der Waals surface area contributed by atoms with Crippen molar-refractivity contribution in [1.82, 2.24) is 0 Å². The molecular formula is C18H13Br2Cl. The monoisotopic (exact) mass is 422 g/mol. The Balaban J connectivity index is 1.87. The molecule has 1 atom stereocenters.